The smallest absolute Gasteiger partial charge is 0.220 e. The minimum Gasteiger partial charge on any atom is -0.370 e. The van der Waals surface area contributed by atoms with Gasteiger partial charge in [-0.1, -0.05) is 58.3 Å². The Kier molecular flexibility index (Phi) is 12.3. The number of amides is 2. The van der Waals surface area contributed by atoms with Crippen molar-refractivity contribution in [3.05, 3.63) is 0 Å². The highest BCUT2D eigenvalue weighted by Gasteiger charge is 2.14. The third-order valence-corrected chi connectivity index (χ3v) is 3.78. The van der Waals surface area contributed by atoms with Gasteiger partial charge in [0.1, 0.15) is 0 Å². The predicted octanol–water partition coefficient (Wildman–Crippen LogP) is 3.27. The number of hydrogen-bond acceptors (Lipinski definition) is 2. The zero-order valence-electron chi connectivity index (χ0n) is 13.0. The van der Waals surface area contributed by atoms with Crippen LogP contribution in [0.4, 0.5) is 0 Å². The number of primary amides is 2. The van der Waals surface area contributed by atoms with Crippen LogP contribution in [0.1, 0.15) is 84.0 Å². The molecule has 0 rings (SSSR count). The summed E-state index contributed by atoms with van der Waals surface area (Å²) < 4.78 is 0. The number of carbonyl (C=O) groups excluding carboxylic acids is 2. The summed E-state index contributed by atoms with van der Waals surface area (Å²) in [7, 11) is 0. The predicted molar refractivity (Wildman–Crippen MR) is 83.0 cm³/mol. The fourth-order valence-electron chi connectivity index (χ4n) is 2.48. The minimum atomic E-state index is -0.305. The van der Waals surface area contributed by atoms with Crippen LogP contribution in [0.5, 0.6) is 0 Å². The van der Waals surface area contributed by atoms with Crippen LogP contribution in [0.3, 0.4) is 0 Å². The SMILES string of the molecule is CCCCCCCCCCC(CCCC(N)=O)C(N)=O. The Hall–Kier alpha value is -1.06. The van der Waals surface area contributed by atoms with Crippen LogP contribution in [0.2, 0.25) is 0 Å². The van der Waals surface area contributed by atoms with Gasteiger partial charge in [0.05, 0.1) is 0 Å². The Morgan fingerprint density at radius 1 is 0.800 bits per heavy atom. The van der Waals surface area contributed by atoms with Crippen LogP contribution in [-0.2, 0) is 9.59 Å². The van der Waals surface area contributed by atoms with Gasteiger partial charge in [-0.2, -0.15) is 0 Å². The van der Waals surface area contributed by atoms with Gasteiger partial charge < -0.3 is 11.5 Å². The first kappa shape index (κ1) is 18.9. The molecule has 20 heavy (non-hydrogen) atoms. The van der Waals surface area contributed by atoms with E-state index in [4.69, 9.17) is 11.5 Å². The van der Waals surface area contributed by atoms with Crippen LogP contribution in [0, 0.1) is 5.92 Å². The molecule has 4 nitrogen and oxygen atoms in total. The van der Waals surface area contributed by atoms with Crippen molar-refractivity contribution in [2.75, 3.05) is 0 Å². The molecule has 0 radical (unpaired) electrons. The van der Waals surface area contributed by atoms with Gasteiger partial charge >= 0.3 is 0 Å². The van der Waals surface area contributed by atoms with E-state index in [1.807, 2.05) is 0 Å². The Bertz CT molecular complexity index is 267. The molecule has 0 saturated carbocycles. The molecule has 0 aromatic carbocycles. The third kappa shape index (κ3) is 12.0. The number of rotatable bonds is 14. The Labute approximate surface area is 123 Å². The average Bonchev–Trinajstić information content (AvgIpc) is 2.39. The molecule has 1 atom stereocenters. The largest absolute Gasteiger partial charge is 0.370 e. The molecule has 4 N–H and O–H groups in total. The highest BCUT2D eigenvalue weighted by atomic mass is 16.1. The summed E-state index contributed by atoms with van der Waals surface area (Å²) in [4.78, 5) is 22.0. The van der Waals surface area contributed by atoms with Crippen molar-refractivity contribution < 1.29 is 9.59 Å². The summed E-state index contributed by atoms with van der Waals surface area (Å²) in [6.07, 6.45) is 12.6. The quantitative estimate of drug-likeness (QED) is 0.480. The molecule has 0 saturated heterocycles. The van der Waals surface area contributed by atoms with E-state index in [1.54, 1.807) is 0 Å². The molecule has 1 unspecified atom stereocenters. The van der Waals surface area contributed by atoms with Crippen molar-refractivity contribution in [3.63, 3.8) is 0 Å². The normalized spacial score (nSPS) is 12.2. The van der Waals surface area contributed by atoms with Gasteiger partial charge in [0, 0.05) is 12.3 Å². The van der Waals surface area contributed by atoms with E-state index in [-0.39, 0.29) is 17.7 Å². The van der Waals surface area contributed by atoms with E-state index in [0.29, 0.717) is 19.3 Å². The van der Waals surface area contributed by atoms with Gasteiger partial charge in [0.2, 0.25) is 11.8 Å². The van der Waals surface area contributed by atoms with Crippen molar-refractivity contribution in [3.8, 4) is 0 Å². The zero-order chi connectivity index (χ0) is 15.2. The van der Waals surface area contributed by atoms with E-state index in [1.165, 1.54) is 44.9 Å². The van der Waals surface area contributed by atoms with Crippen molar-refractivity contribution >= 4 is 11.8 Å². The highest BCUT2D eigenvalue weighted by molar-refractivity contribution is 5.77. The van der Waals surface area contributed by atoms with E-state index < -0.39 is 0 Å². The molecule has 2 amide bonds. The van der Waals surface area contributed by atoms with Crippen LogP contribution < -0.4 is 11.5 Å². The van der Waals surface area contributed by atoms with Crippen molar-refractivity contribution in [2.45, 2.75) is 84.0 Å². The van der Waals surface area contributed by atoms with Crippen molar-refractivity contribution in [1.29, 1.82) is 0 Å². The van der Waals surface area contributed by atoms with Crippen LogP contribution in [0.25, 0.3) is 0 Å². The zero-order valence-corrected chi connectivity index (χ0v) is 13.0. The van der Waals surface area contributed by atoms with Gasteiger partial charge in [-0.15, -0.1) is 0 Å². The molecule has 0 heterocycles. The van der Waals surface area contributed by atoms with Crippen molar-refractivity contribution in [2.24, 2.45) is 17.4 Å². The first-order valence-electron chi connectivity index (χ1n) is 8.15. The van der Waals surface area contributed by atoms with Crippen LogP contribution in [0.15, 0.2) is 0 Å². The first-order chi connectivity index (χ1) is 9.57. The lowest BCUT2D eigenvalue weighted by atomic mass is 9.94. The van der Waals surface area contributed by atoms with Gasteiger partial charge in [0.25, 0.3) is 0 Å². The van der Waals surface area contributed by atoms with E-state index in [2.05, 4.69) is 6.92 Å². The van der Waals surface area contributed by atoms with E-state index in [9.17, 15) is 9.59 Å². The van der Waals surface area contributed by atoms with Crippen LogP contribution >= 0.6 is 0 Å². The Morgan fingerprint density at radius 3 is 1.80 bits per heavy atom. The number of unbranched alkanes of at least 4 members (excludes halogenated alkanes) is 7. The summed E-state index contributed by atoms with van der Waals surface area (Å²) in [5.41, 5.74) is 10.5. The standard InChI is InChI=1S/C16H32N2O2/c1-2-3-4-5-6-7-8-9-11-14(16(18)20)12-10-13-15(17)19/h14H,2-13H2,1H3,(H2,17,19)(H2,18,20). The molecule has 0 aromatic heterocycles. The van der Waals surface area contributed by atoms with E-state index >= 15 is 0 Å². The second kappa shape index (κ2) is 12.9. The fraction of sp³-hybridized carbons (Fsp3) is 0.875. The highest BCUT2D eigenvalue weighted by Crippen LogP contribution is 2.17. The fourth-order valence-corrected chi connectivity index (χ4v) is 2.48. The Balaban J connectivity index is 3.55. The molecule has 4 heteroatoms. The van der Waals surface area contributed by atoms with Crippen LogP contribution in [-0.4, -0.2) is 11.8 Å². The molecule has 0 aliphatic carbocycles. The minimum absolute atomic E-state index is 0.0885. The molecule has 118 valence electrons. The third-order valence-electron chi connectivity index (χ3n) is 3.78. The molecular formula is C16H32N2O2. The summed E-state index contributed by atoms with van der Waals surface area (Å²) in [6.45, 7) is 2.22. The maximum absolute atomic E-state index is 11.3. The lowest BCUT2D eigenvalue weighted by molar-refractivity contribution is -0.123. The van der Waals surface area contributed by atoms with Gasteiger partial charge in [0.15, 0.2) is 0 Å². The number of carbonyl (C=O) groups is 2. The molecule has 0 aliphatic rings. The summed E-state index contributed by atoms with van der Waals surface area (Å²) in [6, 6.07) is 0. The lowest BCUT2D eigenvalue weighted by Gasteiger charge is -2.12. The number of nitrogens with two attached hydrogens (primary N) is 2. The second-order valence-corrected chi connectivity index (χ2v) is 5.72. The molecule has 0 aromatic rings. The van der Waals surface area contributed by atoms with Gasteiger partial charge in [-0.3, -0.25) is 9.59 Å². The summed E-state index contributed by atoms with van der Waals surface area (Å²) in [5.74, 6) is -0.632. The average molecular weight is 284 g/mol. The van der Waals surface area contributed by atoms with Gasteiger partial charge in [-0.05, 0) is 19.3 Å². The molecule has 0 spiro atoms. The summed E-state index contributed by atoms with van der Waals surface area (Å²) in [5, 5.41) is 0. The molecular weight excluding hydrogens is 252 g/mol. The monoisotopic (exact) mass is 284 g/mol. The maximum Gasteiger partial charge on any atom is 0.220 e. The van der Waals surface area contributed by atoms with E-state index in [0.717, 1.165) is 12.8 Å². The summed E-state index contributed by atoms with van der Waals surface area (Å²) >= 11 is 0. The lowest BCUT2D eigenvalue weighted by Crippen LogP contribution is -2.23. The number of hydrogen-bond donors (Lipinski definition) is 2. The molecule has 0 fully saturated rings. The Morgan fingerprint density at radius 2 is 1.30 bits per heavy atom. The molecule has 0 aliphatic heterocycles. The maximum atomic E-state index is 11.3. The van der Waals surface area contributed by atoms with Gasteiger partial charge in [-0.25, -0.2) is 0 Å². The first-order valence-corrected chi connectivity index (χ1v) is 8.15. The molecule has 0 bridgehead atoms. The second-order valence-electron chi connectivity index (χ2n) is 5.72. The van der Waals surface area contributed by atoms with Crippen molar-refractivity contribution in [1.82, 2.24) is 0 Å². The topological polar surface area (TPSA) is 86.2 Å².